The zero-order chi connectivity index (χ0) is 23.5. The van der Waals surface area contributed by atoms with Crippen LogP contribution in [-0.4, -0.2) is 51.8 Å². The van der Waals surface area contributed by atoms with Crippen LogP contribution in [0.1, 0.15) is 52.5 Å². The van der Waals surface area contributed by atoms with Crippen molar-refractivity contribution < 1.29 is 24.2 Å². The highest BCUT2D eigenvalue weighted by Gasteiger charge is 2.23. The van der Waals surface area contributed by atoms with E-state index in [0.717, 1.165) is 53.6 Å². The molecule has 0 atom stereocenters. The van der Waals surface area contributed by atoms with E-state index in [1.54, 1.807) is 28.4 Å². The molecule has 2 saturated heterocycles. The van der Waals surface area contributed by atoms with Crippen molar-refractivity contribution in [1.29, 1.82) is 0 Å². The van der Waals surface area contributed by atoms with Gasteiger partial charge < -0.3 is 19.5 Å². The molecule has 9 heteroatoms. The summed E-state index contributed by atoms with van der Waals surface area (Å²) in [5.74, 6) is 0.500. The number of carboxylic acids is 1. The molecule has 1 aromatic heterocycles. The number of benzene rings is 2. The molecule has 0 bridgehead atoms. The van der Waals surface area contributed by atoms with Gasteiger partial charge >= 0.3 is 5.97 Å². The molecule has 0 unspecified atom stereocenters. The highest BCUT2D eigenvalue weighted by molar-refractivity contribution is 7.14. The molecule has 3 aromatic rings. The maximum atomic E-state index is 12.1. The van der Waals surface area contributed by atoms with Gasteiger partial charge in [-0.05, 0) is 55.7 Å². The first-order chi connectivity index (χ1) is 16.6. The number of amides is 1. The number of aromatic nitrogens is 2. The molecular weight excluding hydrogens is 454 g/mol. The predicted octanol–water partition coefficient (Wildman–Crippen LogP) is 4.71. The number of carbonyl (C=O) groups excluding carboxylic acids is 1. The van der Waals surface area contributed by atoms with E-state index in [4.69, 9.17) is 9.47 Å². The Morgan fingerprint density at radius 1 is 1.15 bits per heavy atom. The number of likely N-dealkylation sites (tertiary alicyclic amines) is 1. The molecule has 2 aliphatic heterocycles. The van der Waals surface area contributed by atoms with Crippen molar-refractivity contribution in [2.75, 3.05) is 19.8 Å². The second-order valence-electron chi connectivity index (χ2n) is 8.51. The molecule has 1 N–H and O–H groups in total. The smallest absolute Gasteiger partial charge is 0.335 e. The van der Waals surface area contributed by atoms with Crippen molar-refractivity contribution in [3.05, 3.63) is 58.6 Å². The summed E-state index contributed by atoms with van der Waals surface area (Å²) in [6.45, 7) is 2.63. The Bertz CT molecular complexity index is 1190. The Kier molecular flexibility index (Phi) is 6.55. The highest BCUT2D eigenvalue weighted by Crippen LogP contribution is 2.34. The Labute approximate surface area is 201 Å². The molecule has 5 rings (SSSR count). The van der Waals surface area contributed by atoms with Gasteiger partial charge in [-0.3, -0.25) is 4.79 Å². The summed E-state index contributed by atoms with van der Waals surface area (Å²) < 4.78 is 11.5. The van der Waals surface area contributed by atoms with E-state index in [9.17, 15) is 14.7 Å². The van der Waals surface area contributed by atoms with Gasteiger partial charge in [0.15, 0.2) is 0 Å². The molecular formula is C25H25N3O5S. The summed E-state index contributed by atoms with van der Waals surface area (Å²) in [6.07, 6.45) is 3.34. The molecule has 2 aliphatic rings. The van der Waals surface area contributed by atoms with E-state index < -0.39 is 5.97 Å². The van der Waals surface area contributed by atoms with E-state index >= 15 is 0 Å². The minimum Gasteiger partial charge on any atom is -0.478 e. The van der Waals surface area contributed by atoms with E-state index in [-0.39, 0.29) is 11.5 Å². The summed E-state index contributed by atoms with van der Waals surface area (Å²) in [4.78, 5) is 25.3. The number of hydrogen-bond acceptors (Lipinski definition) is 7. The van der Waals surface area contributed by atoms with E-state index in [2.05, 4.69) is 10.2 Å². The third kappa shape index (κ3) is 4.95. The Morgan fingerprint density at radius 2 is 1.94 bits per heavy atom. The van der Waals surface area contributed by atoms with Crippen molar-refractivity contribution in [2.45, 2.75) is 38.1 Å². The number of rotatable bonds is 7. The third-order valence-corrected chi connectivity index (χ3v) is 7.32. The van der Waals surface area contributed by atoms with Crippen molar-refractivity contribution >= 4 is 23.2 Å². The van der Waals surface area contributed by atoms with Gasteiger partial charge in [0.25, 0.3) is 0 Å². The molecule has 2 aromatic carbocycles. The summed E-state index contributed by atoms with van der Waals surface area (Å²) in [6, 6.07) is 12.3. The molecule has 0 aliphatic carbocycles. The second-order valence-corrected chi connectivity index (χ2v) is 9.51. The Hall–Kier alpha value is -3.30. The minimum atomic E-state index is -1.03. The van der Waals surface area contributed by atoms with Gasteiger partial charge in [0, 0.05) is 49.8 Å². The second kappa shape index (κ2) is 9.90. The first-order valence-electron chi connectivity index (χ1n) is 11.4. The fourth-order valence-electron chi connectivity index (χ4n) is 4.24. The monoisotopic (exact) mass is 479 g/mol. The fraction of sp³-hybridized carbons (Fsp3) is 0.360. The zero-order valence-electron chi connectivity index (χ0n) is 18.6. The Balaban J connectivity index is 1.34. The standard InChI is InChI=1S/C25H25N3O5S/c29-22-2-1-11-28(22)15-19-4-3-18(25(30)31)14-21(19)33-20-7-5-16(6-8-20)23-26-27-24(34-23)17-9-12-32-13-10-17/h3-8,14,17H,1-2,9-13,15H2,(H,30,31). The average Bonchev–Trinajstić information content (AvgIpc) is 3.51. The topological polar surface area (TPSA) is 102 Å². The molecule has 176 valence electrons. The lowest BCUT2D eigenvalue weighted by Crippen LogP contribution is -2.24. The van der Waals surface area contributed by atoms with Crippen LogP contribution in [-0.2, 0) is 16.1 Å². The molecule has 0 spiro atoms. The molecule has 34 heavy (non-hydrogen) atoms. The lowest BCUT2D eigenvalue weighted by atomic mass is 10.0. The van der Waals surface area contributed by atoms with Crippen molar-refractivity contribution in [3.63, 3.8) is 0 Å². The van der Waals surface area contributed by atoms with E-state index in [1.165, 1.54) is 6.07 Å². The number of ether oxygens (including phenoxy) is 2. The van der Waals surface area contributed by atoms with Gasteiger partial charge in [0.05, 0.1) is 5.56 Å². The molecule has 2 fully saturated rings. The van der Waals surface area contributed by atoms with Crippen molar-refractivity contribution in [1.82, 2.24) is 15.1 Å². The highest BCUT2D eigenvalue weighted by atomic mass is 32.1. The molecule has 0 saturated carbocycles. The van der Waals surface area contributed by atoms with Crippen LogP contribution in [0.4, 0.5) is 0 Å². The largest absolute Gasteiger partial charge is 0.478 e. The predicted molar refractivity (Wildman–Crippen MR) is 126 cm³/mol. The lowest BCUT2D eigenvalue weighted by Gasteiger charge is -2.19. The molecule has 8 nitrogen and oxygen atoms in total. The van der Waals surface area contributed by atoms with Crippen molar-refractivity contribution in [3.8, 4) is 22.1 Å². The number of aromatic carboxylic acids is 1. The van der Waals surface area contributed by atoms with Crippen molar-refractivity contribution in [2.24, 2.45) is 0 Å². The number of carboxylic acid groups (broad SMARTS) is 1. The van der Waals surface area contributed by atoms with Crippen LogP contribution in [0, 0.1) is 0 Å². The van der Waals surface area contributed by atoms with Crippen LogP contribution in [0.3, 0.4) is 0 Å². The maximum Gasteiger partial charge on any atom is 0.335 e. The zero-order valence-corrected chi connectivity index (χ0v) is 19.4. The van der Waals surface area contributed by atoms with Crippen LogP contribution in [0.15, 0.2) is 42.5 Å². The van der Waals surface area contributed by atoms with Crippen LogP contribution >= 0.6 is 11.3 Å². The maximum absolute atomic E-state index is 12.1. The lowest BCUT2D eigenvalue weighted by molar-refractivity contribution is -0.128. The third-order valence-electron chi connectivity index (χ3n) is 6.19. The van der Waals surface area contributed by atoms with E-state index in [1.807, 2.05) is 24.3 Å². The summed E-state index contributed by atoms with van der Waals surface area (Å²) in [5.41, 5.74) is 1.86. The fourth-order valence-corrected chi connectivity index (χ4v) is 5.26. The number of carbonyl (C=O) groups is 2. The molecule has 0 radical (unpaired) electrons. The first kappa shape index (κ1) is 22.5. The SMILES string of the molecule is O=C(O)c1ccc(CN2CCCC2=O)c(Oc2ccc(-c3nnc(C4CCOCC4)s3)cc2)c1. The summed E-state index contributed by atoms with van der Waals surface area (Å²) >= 11 is 1.61. The van der Waals surface area contributed by atoms with Gasteiger partial charge in [0.1, 0.15) is 21.5 Å². The Morgan fingerprint density at radius 3 is 2.65 bits per heavy atom. The van der Waals surface area contributed by atoms with Gasteiger partial charge in [0.2, 0.25) is 5.91 Å². The van der Waals surface area contributed by atoms with Gasteiger partial charge in [-0.2, -0.15) is 0 Å². The van der Waals surface area contributed by atoms with Gasteiger partial charge in [-0.15, -0.1) is 10.2 Å². The molecule has 1 amide bonds. The first-order valence-corrected chi connectivity index (χ1v) is 12.2. The quantitative estimate of drug-likeness (QED) is 0.523. The normalized spacial score (nSPS) is 16.7. The van der Waals surface area contributed by atoms with Gasteiger partial charge in [-0.1, -0.05) is 17.4 Å². The van der Waals surface area contributed by atoms with E-state index in [0.29, 0.717) is 36.9 Å². The number of hydrogen-bond donors (Lipinski definition) is 1. The molecule has 3 heterocycles. The number of nitrogens with zero attached hydrogens (tertiary/aromatic N) is 3. The van der Waals surface area contributed by atoms with Crippen LogP contribution in [0.25, 0.3) is 10.6 Å². The van der Waals surface area contributed by atoms with Gasteiger partial charge in [-0.25, -0.2) is 4.79 Å². The van der Waals surface area contributed by atoms with Crippen LogP contribution in [0.2, 0.25) is 0 Å². The summed E-state index contributed by atoms with van der Waals surface area (Å²) in [7, 11) is 0. The minimum absolute atomic E-state index is 0.106. The summed E-state index contributed by atoms with van der Waals surface area (Å²) in [5, 5.41) is 20.1. The van der Waals surface area contributed by atoms with Crippen LogP contribution < -0.4 is 4.74 Å². The van der Waals surface area contributed by atoms with Crippen LogP contribution in [0.5, 0.6) is 11.5 Å². The average molecular weight is 480 g/mol.